The van der Waals surface area contributed by atoms with Crippen LogP contribution in [0.25, 0.3) is 0 Å². The molecule has 1 aliphatic carbocycles. The summed E-state index contributed by atoms with van der Waals surface area (Å²) in [7, 11) is 3.61. The zero-order valence-corrected chi connectivity index (χ0v) is 17.5. The highest BCUT2D eigenvalue weighted by Crippen LogP contribution is 2.23. The second-order valence-electron chi connectivity index (χ2n) is 6.11. The summed E-state index contributed by atoms with van der Waals surface area (Å²) in [5, 5.41) is 10.6. The highest BCUT2D eigenvalue weighted by atomic mass is 127. The van der Waals surface area contributed by atoms with E-state index in [4.69, 9.17) is 4.74 Å². The van der Waals surface area contributed by atoms with Crippen LogP contribution in [0.1, 0.15) is 37.1 Å². The molecule has 3 rings (SSSR count). The smallest absolute Gasteiger partial charge is 0.213 e. The molecular formula is C17H26IN7O. The molecule has 0 aromatic carbocycles. The van der Waals surface area contributed by atoms with E-state index >= 15 is 0 Å². The van der Waals surface area contributed by atoms with Gasteiger partial charge in [-0.1, -0.05) is 0 Å². The van der Waals surface area contributed by atoms with Gasteiger partial charge in [0.05, 0.1) is 6.54 Å². The van der Waals surface area contributed by atoms with Gasteiger partial charge in [-0.3, -0.25) is 9.67 Å². The maximum absolute atomic E-state index is 5.96. The molecule has 0 amide bonds. The third-order valence-corrected chi connectivity index (χ3v) is 4.29. The Hall–Kier alpha value is -1.91. The molecule has 2 aromatic rings. The van der Waals surface area contributed by atoms with Gasteiger partial charge in [-0.2, -0.15) is 5.10 Å². The number of rotatable bonds is 6. The van der Waals surface area contributed by atoms with Crippen LogP contribution in [0, 0.1) is 0 Å². The van der Waals surface area contributed by atoms with Crippen LogP contribution in [0.4, 0.5) is 0 Å². The first-order valence-corrected chi connectivity index (χ1v) is 8.63. The topological polar surface area (TPSA) is 89.2 Å². The SMILES string of the molecule is CN=C(NCc1ccnc(OC2CCCC2)c1)NCc1ncnn1C.I. The highest BCUT2D eigenvalue weighted by Gasteiger charge is 2.17. The zero-order chi connectivity index (χ0) is 17.5. The van der Waals surface area contributed by atoms with E-state index < -0.39 is 0 Å². The largest absolute Gasteiger partial charge is 0.474 e. The lowest BCUT2D eigenvalue weighted by molar-refractivity contribution is 0.201. The summed E-state index contributed by atoms with van der Waals surface area (Å²) in [5.74, 6) is 2.26. The van der Waals surface area contributed by atoms with Gasteiger partial charge >= 0.3 is 0 Å². The Morgan fingerprint density at radius 2 is 2.04 bits per heavy atom. The van der Waals surface area contributed by atoms with E-state index in [1.807, 2.05) is 19.2 Å². The predicted molar refractivity (Wildman–Crippen MR) is 111 cm³/mol. The van der Waals surface area contributed by atoms with Crippen molar-refractivity contribution in [1.82, 2.24) is 30.4 Å². The lowest BCUT2D eigenvalue weighted by Crippen LogP contribution is -2.37. The van der Waals surface area contributed by atoms with Crippen LogP contribution in [0.2, 0.25) is 0 Å². The van der Waals surface area contributed by atoms with Crippen LogP contribution in [-0.2, 0) is 20.1 Å². The third-order valence-electron chi connectivity index (χ3n) is 4.29. The molecule has 0 unspecified atom stereocenters. The van der Waals surface area contributed by atoms with Crippen LogP contribution in [0.15, 0.2) is 29.6 Å². The van der Waals surface area contributed by atoms with Crippen molar-refractivity contribution in [2.24, 2.45) is 12.0 Å². The standard InChI is InChI=1S/C17H25N7O.HI/c1-18-17(21-11-15-22-12-23-24(15)2)20-10-13-7-8-19-16(9-13)25-14-5-3-4-6-14;/h7-9,12,14H,3-6,10-11H2,1-2H3,(H2,18,20,21);1H. The van der Waals surface area contributed by atoms with E-state index in [2.05, 4.69) is 30.7 Å². The Morgan fingerprint density at radius 1 is 1.27 bits per heavy atom. The Kier molecular flexibility index (Phi) is 8.07. The lowest BCUT2D eigenvalue weighted by atomic mass is 10.2. The molecule has 2 N–H and O–H groups in total. The summed E-state index contributed by atoms with van der Waals surface area (Å²) in [4.78, 5) is 12.7. The van der Waals surface area contributed by atoms with Crippen LogP contribution in [0.3, 0.4) is 0 Å². The number of nitrogens with one attached hydrogen (secondary N) is 2. The van der Waals surface area contributed by atoms with Gasteiger partial charge in [0.1, 0.15) is 18.3 Å². The van der Waals surface area contributed by atoms with E-state index in [1.165, 1.54) is 19.2 Å². The number of aromatic nitrogens is 4. The molecule has 26 heavy (non-hydrogen) atoms. The van der Waals surface area contributed by atoms with Crippen LogP contribution in [0.5, 0.6) is 5.88 Å². The second kappa shape index (κ2) is 10.3. The first-order valence-electron chi connectivity index (χ1n) is 8.63. The van der Waals surface area contributed by atoms with Gasteiger partial charge < -0.3 is 15.4 Å². The average Bonchev–Trinajstić information content (AvgIpc) is 3.27. The maximum Gasteiger partial charge on any atom is 0.213 e. The molecule has 1 aliphatic rings. The zero-order valence-electron chi connectivity index (χ0n) is 15.2. The second-order valence-corrected chi connectivity index (χ2v) is 6.11. The third kappa shape index (κ3) is 5.82. The summed E-state index contributed by atoms with van der Waals surface area (Å²) >= 11 is 0. The predicted octanol–water partition coefficient (Wildman–Crippen LogP) is 2.01. The minimum atomic E-state index is 0. The van der Waals surface area contributed by atoms with E-state index in [0.29, 0.717) is 31.0 Å². The summed E-state index contributed by atoms with van der Waals surface area (Å²) in [5.41, 5.74) is 1.10. The fourth-order valence-corrected chi connectivity index (χ4v) is 2.85. The molecule has 142 valence electrons. The molecule has 8 nitrogen and oxygen atoms in total. The van der Waals surface area contributed by atoms with Gasteiger partial charge in [-0.25, -0.2) is 9.97 Å². The van der Waals surface area contributed by atoms with Crippen molar-refractivity contribution in [3.05, 3.63) is 36.0 Å². The lowest BCUT2D eigenvalue weighted by Gasteiger charge is -2.14. The van der Waals surface area contributed by atoms with Crippen LogP contribution < -0.4 is 15.4 Å². The Labute approximate surface area is 170 Å². The van der Waals surface area contributed by atoms with Crippen molar-refractivity contribution < 1.29 is 4.74 Å². The monoisotopic (exact) mass is 471 g/mol. The maximum atomic E-state index is 5.96. The average molecular weight is 471 g/mol. The quantitative estimate of drug-likeness (QED) is 0.381. The number of halogens is 1. The highest BCUT2D eigenvalue weighted by molar-refractivity contribution is 14.0. The van der Waals surface area contributed by atoms with Gasteiger partial charge in [-0.15, -0.1) is 24.0 Å². The molecule has 0 radical (unpaired) electrons. The van der Waals surface area contributed by atoms with Gasteiger partial charge in [0, 0.05) is 32.9 Å². The molecule has 0 saturated heterocycles. The fourth-order valence-electron chi connectivity index (χ4n) is 2.85. The van der Waals surface area contributed by atoms with Crippen molar-refractivity contribution in [2.45, 2.75) is 44.9 Å². The number of hydrogen-bond donors (Lipinski definition) is 2. The van der Waals surface area contributed by atoms with Gasteiger partial charge in [-0.05, 0) is 37.3 Å². The molecule has 9 heteroatoms. The van der Waals surface area contributed by atoms with E-state index in [-0.39, 0.29) is 24.0 Å². The number of aliphatic imine (C=N–C) groups is 1. The Morgan fingerprint density at radius 3 is 2.73 bits per heavy atom. The minimum Gasteiger partial charge on any atom is -0.474 e. The van der Waals surface area contributed by atoms with Gasteiger partial charge in [0.25, 0.3) is 0 Å². The van der Waals surface area contributed by atoms with E-state index in [9.17, 15) is 0 Å². The molecule has 1 fully saturated rings. The molecule has 0 atom stereocenters. The summed E-state index contributed by atoms with van der Waals surface area (Å²) in [6.45, 7) is 1.20. The Balaban J connectivity index is 0.00000243. The van der Waals surface area contributed by atoms with Gasteiger partial charge in [0.15, 0.2) is 5.96 Å². The molecular weight excluding hydrogens is 445 g/mol. The summed E-state index contributed by atoms with van der Waals surface area (Å²) in [6.07, 6.45) is 8.40. The number of ether oxygens (including phenoxy) is 1. The first-order chi connectivity index (χ1) is 12.2. The fraction of sp³-hybridized carbons (Fsp3) is 0.529. The van der Waals surface area contributed by atoms with Gasteiger partial charge in [0.2, 0.25) is 5.88 Å². The number of nitrogens with zero attached hydrogens (tertiary/aromatic N) is 5. The number of pyridine rings is 1. The molecule has 0 bridgehead atoms. The summed E-state index contributed by atoms with van der Waals surface area (Å²) < 4.78 is 7.69. The molecule has 1 saturated carbocycles. The minimum absolute atomic E-state index is 0. The molecule has 0 aliphatic heterocycles. The van der Waals surface area contributed by atoms with Crippen molar-refractivity contribution in [3.63, 3.8) is 0 Å². The van der Waals surface area contributed by atoms with Crippen molar-refractivity contribution in [1.29, 1.82) is 0 Å². The summed E-state index contributed by atoms with van der Waals surface area (Å²) in [6, 6.07) is 3.96. The normalized spacial score (nSPS) is 14.8. The van der Waals surface area contributed by atoms with E-state index in [1.54, 1.807) is 17.9 Å². The number of aryl methyl sites for hydroxylation is 1. The van der Waals surface area contributed by atoms with E-state index in [0.717, 1.165) is 24.2 Å². The molecule has 2 aromatic heterocycles. The van der Waals surface area contributed by atoms with Crippen molar-refractivity contribution in [3.8, 4) is 5.88 Å². The Bertz CT molecular complexity index is 713. The van der Waals surface area contributed by atoms with Crippen LogP contribution in [-0.4, -0.2) is 38.9 Å². The van der Waals surface area contributed by atoms with Crippen LogP contribution >= 0.6 is 24.0 Å². The number of hydrogen-bond acceptors (Lipinski definition) is 5. The molecule has 0 spiro atoms. The van der Waals surface area contributed by atoms with Crippen molar-refractivity contribution >= 4 is 29.9 Å². The first kappa shape index (κ1) is 20.4. The number of guanidine groups is 1. The molecule has 2 heterocycles. The van der Waals surface area contributed by atoms with Crippen molar-refractivity contribution in [2.75, 3.05) is 7.05 Å².